The van der Waals surface area contributed by atoms with E-state index in [1.165, 1.54) is 12.1 Å². The Balaban J connectivity index is 2.57. The van der Waals surface area contributed by atoms with Crippen LogP contribution in [0.3, 0.4) is 0 Å². The third-order valence-electron chi connectivity index (χ3n) is 2.60. The molecule has 4 heteroatoms. The summed E-state index contributed by atoms with van der Waals surface area (Å²) in [6.07, 6.45) is 0. The molecule has 1 rings (SSSR count). The van der Waals surface area contributed by atoms with Crippen LogP contribution in [-0.2, 0) is 6.54 Å². The zero-order valence-corrected chi connectivity index (χ0v) is 10.8. The second-order valence-electron chi connectivity index (χ2n) is 4.05. The Morgan fingerprint density at radius 3 is 2.82 bits per heavy atom. The summed E-state index contributed by atoms with van der Waals surface area (Å²) in [5.41, 5.74) is 0.881. The molecule has 0 atom stereocenters. The van der Waals surface area contributed by atoms with Gasteiger partial charge in [-0.25, -0.2) is 4.39 Å². The van der Waals surface area contributed by atoms with Crippen molar-refractivity contribution in [3.05, 3.63) is 29.6 Å². The van der Waals surface area contributed by atoms with E-state index in [2.05, 4.69) is 17.1 Å². The molecule has 0 amide bonds. The topological polar surface area (TPSA) is 24.5 Å². The number of rotatable bonds is 7. The van der Waals surface area contributed by atoms with Gasteiger partial charge in [0.1, 0.15) is 11.6 Å². The van der Waals surface area contributed by atoms with Crippen molar-refractivity contribution in [3.8, 4) is 5.75 Å². The van der Waals surface area contributed by atoms with Crippen molar-refractivity contribution < 1.29 is 9.13 Å². The molecule has 96 valence electrons. The summed E-state index contributed by atoms with van der Waals surface area (Å²) in [7, 11) is 3.62. The maximum atomic E-state index is 13.2. The molecule has 3 nitrogen and oxygen atoms in total. The van der Waals surface area contributed by atoms with E-state index in [1.54, 1.807) is 13.2 Å². The first-order chi connectivity index (χ1) is 8.17. The Morgan fingerprint density at radius 1 is 1.41 bits per heavy atom. The lowest BCUT2D eigenvalue weighted by molar-refractivity contribution is 0.315. The molecule has 1 aromatic carbocycles. The van der Waals surface area contributed by atoms with Gasteiger partial charge in [0.15, 0.2) is 0 Å². The lowest BCUT2D eigenvalue weighted by Gasteiger charge is -2.18. The fourth-order valence-corrected chi connectivity index (χ4v) is 1.69. The molecule has 0 spiro atoms. The standard InChI is InChI=1S/C13H21FN2O/c1-4-15-7-8-16(2)10-11-9-12(14)5-6-13(11)17-3/h5-6,9,15H,4,7-8,10H2,1-3H3. The van der Waals surface area contributed by atoms with E-state index in [1.807, 2.05) is 7.05 Å². The molecule has 0 radical (unpaired) electrons. The van der Waals surface area contributed by atoms with Gasteiger partial charge in [0.25, 0.3) is 0 Å². The summed E-state index contributed by atoms with van der Waals surface area (Å²) >= 11 is 0. The Morgan fingerprint density at radius 2 is 2.18 bits per heavy atom. The average molecular weight is 240 g/mol. The average Bonchev–Trinajstić information content (AvgIpc) is 2.29. The maximum absolute atomic E-state index is 13.2. The molecule has 0 bridgehead atoms. The first kappa shape index (κ1) is 13.9. The highest BCUT2D eigenvalue weighted by molar-refractivity contribution is 5.33. The smallest absolute Gasteiger partial charge is 0.123 e. The van der Waals surface area contributed by atoms with Crippen LogP contribution < -0.4 is 10.1 Å². The number of hydrogen-bond donors (Lipinski definition) is 1. The van der Waals surface area contributed by atoms with Gasteiger partial charge < -0.3 is 15.0 Å². The number of nitrogens with zero attached hydrogens (tertiary/aromatic N) is 1. The van der Waals surface area contributed by atoms with Crippen LogP contribution in [0.5, 0.6) is 5.75 Å². The van der Waals surface area contributed by atoms with Crippen LogP contribution in [-0.4, -0.2) is 38.7 Å². The van der Waals surface area contributed by atoms with Crippen LogP contribution in [0, 0.1) is 5.82 Å². The van der Waals surface area contributed by atoms with Crippen molar-refractivity contribution in [1.82, 2.24) is 10.2 Å². The maximum Gasteiger partial charge on any atom is 0.123 e. The van der Waals surface area contributed by atoms with Crippen LogP contribution in [0.15, 0.2) is 18.2 Å². The highest BCUT2D eigenvalue weighted by Crippen LogP contribution is 2.20. The summed E-state index contributed by atoms with van der Waals surface area (Å²) in [5.74, 6) is 0.516. The number of ether oxygens (including phenoxy) is 1. The predicted octanol–water partition coefficient (Wildman–Crippen LogP) is 1.88. The Bertz CT molecular complexity index is 344. The van der Waals surface area contributed by atoms with Gasteiger partial charge in [0.05, 0.1) is 7.11 Å². The number of halogens is 1. The lowest BCUT2D eigenvalue weighted by Crippen LogP contribution is -2.28. The molecule has 1 aromatic rings. The van der Waals surface area contributed by atoms with Gasteiger partial charge in [-0.15, -0.1) is 0 Å². The van der Waals surface area contributed by atoms with Crippen molar-refractivity contribution in [1.29, 1.82) is 0 Å². The SMILES string of the molecule is CCNCCN(C)Cc1cc(F)ccc1OC. The van der Waals surface area contributed by atoms with Crippen LogP contribution in [0.25, 0.3) is 0 Å². The minimum atomic E-state index is -0.221. The van der Waals surface area contributed by atoms with Crippen molar-refractivity contribution in [2.45, 2.75) is 13.5 Å². The van der Waals surface area contributed by atoms with Gasteiger partial charge >= 0.3 is 0 Å². The van der Waals surface area contributed by atoms with Crippen molar-refractivity contribution in [2.24, 2.45) is 0 Å². The molecule has 0 aliphatic carbocycles. The van der Waals surface area contributed by atoms with E-state index < -0.39 is 0 Å². The Hall–Kier alpha value is -1.13. The van der Waals surface area contributed by atoms with Gasteiger partial charge in [-0.05, 0) is 31.8 Å². The van der Waals surface area contributed by atoms with Gasteiger partial charge in [-0.3, -0.25) is 0 Å². The van der Waals surface area contributed by atoms with Crippen LogP contribution in [0.2, 0.25) is 0 Å². The predicted molar refractivity (Wildman–Crippen MR) is 67.8 cm³/mol. The first-order valence-electron chi connectivity index (χ1n) is 5.89. The first-order valence-corrected chi connectivity index (χ1v) is 5.89. The molecule has 0 aliphatic heterocycles. The summed E-state index contributed by atoms with van der Waals surface area (Å²) in [5, 5.41) is 3.26. The fraction of sp³-hybridized carbons (Fsp3) is 0.538. The van der Waals surface area contributed by atoms with Crippen LogP contribution >= 0.6 is 0 Å². The molecule has 17 heavy (non-hydrogen) atoms. The van der Waals surface area contributed by atoms with Crippen LogP contribution in [0.4, 0.5) is 4.39 Å². The highest BCUT2D eigenvalue weighted by atomic mass is 19.1. The van der Waals surface area contributed by atoms with Crippen molar-refractivity contribution >= 4 is 0 Å². The van der Waals surface area contributed by atoms with E-state index in [-0.39, 0.29) is 5.82 Å². The zero-order valence-electron chi connectivity index (χ0n) is 10.8. The van der Waals surface area contributed by atoms with Crippen molar-refractivity contribution in [3.63, 3.8) is 0 Å². The number of hydrogen-bond acceptors (Lipinski definition) is 3. The van der Waals surface area contributed by atoms with Gasteiger partial charge in [0.2, 0.25) is 0 Å². The minimum Gasteiger partial charge on any atom is -0.496 e. The number of benzene rings is 1. The third-order valence-corrected chi connectivity index (χ3v) is 2.60. The normalized spacial score (nSPS) is 10.9. The van der Waals surface area contributed by atoms with E-state index in [9.17, 15) is 4.39 Å². The third kappa shape index (κ3) is 4.71. The molecule has 0 aliphatic rings. The molecule has 1 N–H and O–H groups in total. The largest absolute Gasteiger partial charge is 0.496 e. The molecular formula is C13H21FN2O. The van der Waals surface area contributed by atoms with Gasteiger partial charge in [-0.1, -0.05) is 6.92 Å². The highest BCUT2D eigenvalue weighted by Gasteiger charge is 2.07. The molecular weight excluding hydrogens is 219 g/mol. The second kappa shape index (κ2) is 7.25. The monoisotopic (exact) mass is 240 g/mol. The zero-order chi connectivity index (χ0) is 12.7. The summed E-state index contributed by atoms with van der Waals surface area (Å²) in [4.78, 5) is 2.14. The molecule has 0 unspecified atom stereocenters. The Labute approximate surface area is 103 Å². The summed E-state index contributed by atoms with van der Waals surface area (Å²) in [6.45, 7) is 5.59. The van der Waals surface area contributed by atoms with E-state index in [0.717, 1.165) is 30.9 Å². The minimum absolute atomic E-state index is 0.221. The second-order valence-corrected chi connectivity index (χ2v) is 4.05. The molecule has 0 aromatic heterocycles. The quantitative estimate of drug-likeness (QED) is 0.736. The van der Waals surface area contributed by atoms with Gasteiger partial charge in [-0.2, -0.15) is 0 Å². The van der Waals surface area contributed by atoms with Gasteiger partial charge in [0, 0.05) is 25.2 Å². The number of likely N-dealkylation sites (N-methyl/N-ethyl adjacent to an activating group) is 2. The van der Waals surface area contributed by atoms with Crippen molar-refractivity contribution in [2.75, 3.05) is 33.8 Å². The molecule has 0 saturated carbocycles. The number of nitrogens with one attached hydrogen (secondary N) is 1. The molecule has 0 heterocycles. The molecule has 0 fully saturated rings. The molecule has 0 saturated heterocycles. The summed E-state index contributed by atoms with van der Waals surface area (Å²) in [6, 6.07) is 4.62. The number of methoxy groups -OCH3 is 1. The van der Waals surface area contributed by atoms with Crippen LogP contribution in [0.1, 0.15) is 12.5 Å². The Kier molecular flexibility index (Phi) is 5.94. The lowest BCUT2D eigenvalue weighted by atomic mass is 10.2. The summed E-state index contributed by atoms with van der Waals surface area (Å²) < 4.78 is 18.4. The van der Waals surface area contributed by atoms with E-state index in [0.29, 0.717) is 6.54 Å². The van der Waals surface area contributed by atoms with E-state index in [4.69, 9.17) is 4.74 Å². The fourth-order valence-electron chi connectivity index (χ4n) is 1.69. The van der Waals surface area contributed by atoms with E-state index >= 15 is 0 Å².